The summed E-state index contributed by atoms with van der Waals surface area (Å²) in [6, 6.07) is 69.3. The minimum absolute atomic E-state index is 1.09. The van der Waals surface area contributed by atoms with Gasteiger partial charge in [-0.2, -0.15) is 0 Å². The molecule has 0 N–H and O–H groups in total. The van der Waals surface area contributed by atoms with Crippen molar-refractivity contribution >= 4 is 55.7 Å². The highest BCUT2D eigenvalue weighted by Crippen LogP contribution is 2.46. The molecule has 8 rings (SSSR count). The van der Waals surface area contributed by atoms with Crippen molar-refractivity contribution in [2.45, 2.75) is 0 Å². The van der Waals surface area contributed by atoms with Gasteiger partial charge in [-0.15, -0.1) is 0 Å². The van der Waals surface area contributed by atoms with Gasteiger partial charge in [-0.25, -0.2) is 0 Å². The van der Waals surface area contributed by atoms with Gasteiger partial charge in [0.2, 0.25) is 0 Å². The summed E-state index contributed by atoms with van der Waals surface area (Å²) in [5.41, 5.74) is 9.05. The average Bonchev–Trinajstić information content (AvgIpc) is 3.14. The molecule has 0 aliphatic rings. The summed E-state index contributed by atoms with van der Waals surface area (Å²) in [4.78, 5) is 4.75. The molecule has 0 radical (unpaired) electrons. The summed E-state index contributed by atoms with van der Waals surface area (Å²) in [6.07, 6.45) is 0. The Kier molecular flexibility index (Phi) is 7.22. The van der Waals surface area contributed by atoms with E-state index in [2.05, 4.69) is 204 Å². The molecule has 0 saturated carbocycles. The molecule has 46 heavy (non-hydrogen) atoms. The van der Waals surface area contributed by atoms with E-state index in [9.17, 15) is 0 Å². The second-order valence-corrected chi connectivity index (χ2v) is 11.4. The topological polar surface area (TPSA) is 6.48 Å². The second-order valence-electron chi connectivity index (χ2n) is 11.4. The van der Waals surface area contributed by atoms with Crippen LogP contribution in [-0.2, 0) is 0 Å². The Morgan fingerprint density at radius 2 is 0.739 bits per heavy atom. The number of para-hydroxylation sites is 3. The Balaban J connectivity index is 1.41. The maximum Gasteiger partial charge on any atom is 0.0567 e. The molecule has 8 aromatic rings. The molecular weight excluding hydrogens is 556 g/mol. The smallest absolute Gasteiger partial charge is 0.0567 e. The van der Waals surface area contributed by atoms with Gasteiger partial charge < -0.3 is 9.80 Å². The first-order valence-corrected chi connectivity index (χ1v) is 15.7. The molecule has 8 aromatic carbocycles. The maximum absolute atomic E-state index is 2.40. The highest BCUT2D eigenvalue weighted by atomic mass is 15.2. The predicted molar refractivity (Wildman–Crippen MR) is 196 cm³/mol. The van der Waals surface area contributed by atoms with Crippen LogP contribution in [0.2, 0.25) is 0 Å². The zero-order valence-corrected chi connectivity index (χ0v) is 25.4. The Morgan fingerprint density at radius 3 is 1.35 bits per heavy atom. The number of anilines is 6. The lowest BCUT2D eigenvalue weighted by atomic mass is 9.97. The minimum atomic E-state index is 1.09. The van der Waals surface area contributed by atoms with Crippen molar-refractivity contribution in [1.29, 1.82) is 0 Å². The SMILES string of the molecule is c1ccc(-c2ccc(N(c3ccccc3)c3cc(N(c4ccccc4)c4ccccc4)cc4ccc5ccccc5c34)cc2)cc1. The third-order valence-electron chi connectivity index (χ3n) is 8.58. The van der Waals surface area contributed by atoms with E-state index in [0.717, 1.165) is 34.1 Å². The highest BCUT2D eigenvalue weighted by Gasteiger charge is 2.21. The van der Waals surface area contributed by atoms with E-state index >= 15 is 0 Å². The van der Waals surface area contributed by atoms with Crippen LogP contribution in [0.3, 0.4) is 0 Å². The molecule has 0 fully saturated rings. The minimum Gasteiger partial charge on any atom is -0.310 e. The quantitative estimate of drug-likeness (QED) is 0.171. The largest absolute Gasteiger partial charge is 0.310 e. The average molecular weight is 589 g/mol. The third-order valence-corrected chi connectivity index (χ3v) is 8.58. The van der Waals surface area contributed by atoms with Crippen LogP contribution in [0, 0.1) is 0 Å². The van der Waals surface area contributed by atoms with Crippen molar-refractivity contribution in [3.8, 4) is 11.1 Å². The van der Waals surface area contributed by atoms with Crippen LogP contribution in [0.1, 0.15) is 0 Å². The highest BCUT2D eigenvalue weighted by molar-refractivity contribution is 6.16. The van der Waals surface area contributed by atoms with Crippen LogP contribution in [0.4, 0.5) is 34.1 Å². The maximum atomic E-state index is 2.40. The van der Waals surface area contributed by atoms with Crippen molar-refractivity contribution in [3.05, 3.63) is 194 Å². The summed E-state index contributed by atoms with van der Waals surface area (Å²) in [5, 5.41) is 4.86. The summed E-state index contributed by atoms with van der Waals surface area (Å²) in [5.74, 6) is 0. The fourth-order valence-corrected chi connectivity index (χ4v) is 6.45. The first-order chi connectivity index (χ1) is 22.8. The van der Waals surface area contributed by atoms with Crippen LogP contribution < -0.4 is 9.80 Å². The fraction of sp³-hybridized carbons (Fsp3) is 0. The third kappa shape index (κ3) is 5.16. The van der Waals surface area contributed by atoms with Crippen LogP contribution in [-0.4, -0.2) is 0 Å². The number of nitrogens with zero attached hydrogens (tertiary/aromatic N) is 2. The van der Waals surface area contributed by atoms with E-state index in [-0.39, 0.29) is 0 Å². The monoisotopic (exact) mass is 588 g/mol. The van der Waals surface area contributed by atoms with Crippen molar-refractivity contribution in [2.24, 2.45) is 0 Å². The lowest BCUT2D eigenvalue weighted by Gasteiger charge is -2.31. The van der Waals surface area contributed by atoms with Gasteiger partial charge in [0.05, 0.1) is 5.69 Å². The van der Waals surface area contributed by atoms with Crippen molar-refractivity contribution in [2.75, 3.05) is 9.80 Å². The van der Waals surface area contributed by atoms with Crippen LogP contribution in [0.15, 0.2) is 194 Å². The predicted octanol–water partition coefficient (Wildman–Crippen LogP) is 12.6. The van der Waals surface area contributed by atoms with E-state index in [1.807, 2.05) is 0 Å². The van der Waals surface area contributed by atoms with Crippen molar-refractivity contribution in [1.82, 2.24) is 0 Å². The Bertz CT molecular complexity index is 2190. The van der Waals surface area contributed by atoms with E-state index in [1.165, 1.54) is 32.7 Å². The first-order valence-electron chi connectivity index (χ1n) is 15.7. The van der Waals surface area contributed by atoms with Gasteiger partial charge in [-0.1, -0.05) is 133 Å². The number of fused-ring (bicyclic) bond motifs is 3. The van der Waals surface area contributed by atoms with Crippen molar-refractivity contribution < 1.29 is 0 Å². The summed E-state index contributed by atoms with van der Waals surface area (Å²) >= 11 is 0. The van der Waals surface area contributed by atoms with E-state index in [4.69, 9.17) is 0 Å². The number of benzene rings is 8. The zero-order valence-electron chi connectivity index (χ0n) is 25.4. The van der Waals surface area contributed by atoms with Crippen LogP contribution in [0.5, 0.6) is 0 Å². The van der Waals surface area contributed by atoms with Gasteiger partial charge in [-0.05, 0) is 87.9 Å². The van der Waals surface area contributed by atoms with Gasteiger partial charge >= 0.3 is 0 Å². The molecule has 0 saturated heterocycles. The second kappa shape index (κ2) is 12.1. The summed E-state index contributed by atoms with van der Waals surface area (Å²) < 4.78 is 0. The molecular formula is C44H32N2. The molecule has 0 aromatic heterocycles. The molecule has 0 atom stereocenters. The number of rotatable bonds is 7. The van der Waals surface area contributed by atoms with Gasteiger partial charge in [-0.3, -0.25) is 0 Å². The van der Waals surface area contributed by atoms with Gasteiger partial charge in [0.1, 0.15) is 0 Å². The van der Waals surface area contributed by atoms with Gasteiger partial charge in [0.25, 0.3) is 0 Å². The molecule has 0 heterocycles. The Hall–Kier alpha value is -6.12. The normalized spacial score (nSPS) is 11.0. The fourth-order valence-electron chi connectivity index (χ4n) is 6.45. The standard InChI is InChI=1S/C44H32N2/c1-5-15-33(16-6-1)34-27-29-40(30-28-34)46(39-22-11-4-12-23-39)43-32-41(31-36-26-25-35-17-13-14-24-42(35)44(36)43)45(37-18-7-2-8-19-37)38-20-9-3-10-21-38/h1-32H. The zero-order chi connectivity index (χ0) is 30.7. The van der Waals surface area contributed by atoms with Crippen molar-refractivity contribution in [3.63, 3.8) is 0 Å². The number of hydrogen-bond donors (Lipinski definition) is 0. The van der Waals surface area contributed by atoms with E-state index in [0.29, 0.717) is 0 Å². The molecule has 0 aliphatic heterocycles. The molecule has 0 amide bonds. The summed E-state index contributed by atoms with van der Waals surface area (Å²) in [6.45, 7) is 0. The van der Waals surface area contributed by atoms with E-state index in [1.54, 1.807) is 0 Å². The summed E-state index contributed by atoms with van der Waals surface area (Å²) in [7, 11) is 0. The number of hydrogen-bond acceptors (Lipinski definition) is 2. The molecule has 2 nitrogen and oxygen atoms in total. The van der Waals surface area contributed by atoms with Crippen LogP contribution in [0.25, 0.3) is 32.7 Å². The first kappa shape index (κ1) is 27.4. The molecule has 218 valence electrons. The lowest BCUT2D eigenvalue weighted by molar-refractivity contribution is 1.26. The van der Waals surface area contributed by atoms with E-state index < -0.39 is 0 Å². The van der Waals surface area contributed by atoms with Gasteiger partial charge in [0.15, 0.2) is 0 Å². The molecule has 0 unspecified atom stereocenters. The Labute approximate surface area is 270 Å². The lowest BCUT2D eigenvalue weighted by Crippen LogP contribution is -2.14. The Morgan fingerprint density at radius 1 is 0.283 bits per heavy atom. The van der Waals surface area contributed by atoms with Crippen LogP contribution >= 0.6 is 0 Å². The molecule has 0 spiro atoms. The molecule has 0 aliphatic carbocycles. The molecule has 2 heteroatoms. The van der Waals surface area contributed by atoms with Gasteiger partial charge in [0, 0.05) is 33.8 Å². The molecule has 0 bridgehead atoms.